The van der Waals surface area contributed by atoms with E-state index in [-0.39, 0.29) is 6.10 Å². The van der Waals surface area contributed by atoms with Gasteiger partial charge >= 0.3 is 0 Å². The van der Waals surface area contributed by atoms with Crippen molar-refractivity contribution in [2.75, 3.05) is 25.6 Å². The minimum Gasteiger partial charge on any atom is -0.393 e. The fraction of sp³-hybridized carbons (Fsp3) is 1.00. The molecule has 0 saturated heterocycles. The van der Waals surface area contributed by atoms with Gasteiger partial charge in [0.25, 0.3) is 0 Å². The van der Waals surface area contributed by atoms with Crippen molar-refractivity contribution in [2.24, 2.45) is 11.8 Å². The van der Waals surface area contributed by atoms with Crippen molar-refractivity contribution in [3.63, 3.8) is 0 Å². The van der Waals surface area contributed by atoms with E-state index in [2.05, 4.69) is 32.1 Å². The highest BCUT2D eigenvalue weighted by atomic mass is 32.2. The second-order valence-electron chi connectivity index (χ2n) is 5.98. The molecule has 0 aromatic carbocycles. The maximum atomic E-state index is 10.2. The second kappa shape index (κ2) is 8.44. The van der Waals surface area contributed by atoms with Crippen LogP contribution in [0.2, 0.25) is 0 Å². The molecule has 0 bridgehead atoms. The Morgan fingerprint density at radius 2 is 2.11 bits per heavy atom. The van der Waals surface area contributed by atoms with Crippen molar-refractivity contribution in [1.29, 1.82) is 0 Å². The summed E-state index contributed by atoms with van der Waals surface area (Å²) in [6, 6.07) is 0.631. The Morgan fingerprint density at radius 1 is 1.39 bits per heavy atom. The Balaban J connectivity index is 2.38. The largest absolute Gasteiger partial charge is 0.393 e. The topological polar surface area (TPSA) is 23.5 Å². The van der Waals surface area contributed by atoms with E-state index in [4.69, 9.17) is 0 Å². The lowest BCUT2D eigenvalue weighted by Gasteiger charge is -2.37. The Bertz CT molecular complexity index is 225. The number of thioether (sulfide) groups is 1. The van der Waals surface area contributed by atoms with Crippen molar-refractivity contribution in [3.05, 3.63) is 0 Å². The number of nitrogens with zero attached hydrogens (tertiary/aromatic N) is 1. The Kier molecular flexibility index (Phi) is 7.66. The highest BCUT2D eigenvalue weighted by Crippen LogP contribution is 2.32. The van der Waals surface area contributed by atoms with Gasteiger partial charge in [-0.05, 0) is 63.5 Å². The molecule has 108 valence electrons. The fourth-order valence-corrected chi connectivity index (χ4v) is 3.55. The van der Waals surface area contributed by atoms with Gasteiger partial charge in [0.1, 0.15) is 0 Å². The maximum Gasteiger partial charge on any atom is 0.0580 e. The Labute approximate surface area is 118 Å². The molecule has 4 atom stereocenters. The fourth-order valence-electron chi connectivity index (χ4n) is 2.97. The summed E-state index contributed by atoms with van der Waals surface area (Å²) in [5.41, 5.74) is 0. The van der Waals surface area contributed by atoms with E-state index in [9.17, 15) is 5.11 Å². The quantitative estimate of drug-likeness (QED) is 0.770. The first-order chi connectivity index (χ1) is 8.58. The van der Waals surface area contributed by atoms with E-state index >= 15 is 0 Å². The van der Waals surface area contributed by atoms with E-state index in [0.717, 1.165) is 18.9 Å². The van der Waals surface area contributed by atoms with Gasteiger partial charge in [-0.1, -0.05) is 13.3 Å². The minimum absolute atomic E-state index is 0.0667. The lowest BCUT2D eigenvalue weighted by atomic mass is 9.78. The van der Waals surface area contributed by atoms with Gasteiger partial charge in [-0.15, -0.1) is 0 Å². The van der Waals surface area contributed by atoms with Crippen LogP contribution in [0.25, 0.3) is 0 Å². The molecule has 18 heavy (non-hydrogen) atoms. The van der Waals surface area contributed by atoms with Crippen LogP contribution in [0.5, 0.6) is 0 Å². The van der Waals surface area contributed by atoms with Crippen LogP contribution in [-0.2, 0) is 0 Å². The predicted molar refractivity (Wildman–Crippen MR) is 82.2 cm³/mol. The lowest BCUT2D eigenvalue weighted by Crippen LogP contribution is -2.40. The molecule has 2 nitrogen and oxygen atoms in total. The van der Waals surface area contributed by atoms with Crippen LogP contribution in [0.15, 0.2) is 0 Å². The third-order valence-electron chi connectivity index (χ3n) is 4.64. The molecule has 0 aromatic heterocycles. The predicted octanol–water partition coefficient (Wildman–Crippen LogP) is 3.25. The molecule has 1 N–H and O–H groups in total. The first-order valence-corrected chi connectivity index (χ1v) is 8.85. The molecule has 4 unspecified atom stereocenters. The average molecular weight is 273 g/mol. The van der Waals surface area contributed by atoms with E-state index < -0.39 is 0 Å². The minimum atomic E-state index is -0.0667. The molecule has 1 rings (SSSR count). The summed E-state index contributed by atoms with van der Waals surface area (Å²) >= 11 is 1.92. The van der Waals surface area contributed by atoms with Crippen LogP contribution < -0.4 is 0 Å². The van der Waals surface area contributed by atoms with Gasteiger partial charge in [-0.3, -0.25) is 0 Å². The van der Waals surface area contributed by atoms with Crippen LogP contribution in [0.3, 0.4) is 0 Å². The van der Waals surface area contributed by atoms with Crippen molar-refractivity contribution < 1.29 is 5.11 Å². The summed E-state index contributed by atoms with van der Waals surface area (Å²) in [6.07, 6.45) is 8.08. The Morgan fingerprint density at radius 3 is 2.72 bits per heavy atom. The summed E-state index contributed by atoms with van der Waals surface area (Å²) in [6.45, 7) is 5.65. The van der Waals surface area contributed by atoms with Gasteiger partial charge in [0.2, 0.25) is 0 Å². The number of hydrogen-bond acceptors (Lipinski definition) is 3. The molecule has 0 heterocycles. The zero-order valence-corrected chi connectivity index (χ0v) is 13.4. The van der Waals surface area contributed by atoms with E-state index in [1.165, 1.54) is 31.4 Å². The van der Waals surface area contributed by atoms with Crippen molar-refractivity contribution in [1.82, 2.24) is 4.90 Å². The normalized spacial score (nSPS) is 30.7. The van der Waals surface area contributed by atoms with Crippen LogP contribution in [0.4, 0.5) is 0 Å². The summed E-state index contributed by atoms with van der Waals surface area (Å²) in [5, 5.41) is 10.2. The molecule has 0 aliphatic heterocycles. The summed E-state index contributed by atoms with van der Waals surface area (Å²) in [4.78, 5) is 2.45. The highest BCUT2D eigenvalue weighted by molar-refractivity contribution is 7.98. The van der Waals surface area contributed by atoms with E-state index in [1.807, 2.05) is 11.8 Å². The van der Waals surface area contributed by atoms with Gasteiger partial charge in [0.05, 0.1) is 6.10 Å². The van der Waals surface area contributed by atoms with Gasteiger partial charge in [-0.2, -0.15) is 11.8 Å². The molecule has 0 spiro atoms. The third-order valence-corrected chi connectivity index (χ3v) is 5.29. The van der Waals surface area contributed by atoms with E-state index in [1.54, 1.807) is 0 Å². The summed E-state index contributed by atoms with van der Waals surface area (Å²) in [7, 11) is 2.22. The zero-order valence-electron chi connectivity index (χ0n) is 12.6. The van der Waals surface area contributed by atoms with E-state index in [0.29, 0.717) is 12.0 Å². The zero-order chi connectivity index (χ0) is 13.5. The average Bonchev–Trinajstić information content (AvgIpc) is 2.38. The molecule has 3 heteroatoms. The van der Waals surface area contributed by atoms with Crippen molar-refractivity contribution in [2.45, 2.75) is 58.1 Å². The number of aliphatic hydroxyl groups is 1. The third kappa shape index (κ3) is 5.10. The van der Waals surface area contributed by atoms with Crippen LogP contribution in [0.1, 0.15) is 46.0 Å². The molecule has 1 aliphatic rings. The highest BCUT2D eigenvalue weighted by Gasteiger charge is 2.29. The van der Waals surface area contributed by atoms with Gasteiger partial charge in [0, 0.05) is 12.6 Å². The molecule has 0 amide bonds. The number of rotatable bonds is 7. The maximum absolute atomic E-state index is 10.2. The van der Waals surface area contributed by atoms with Gasteiger partial charge in [-0.25, -0.2) is 0 Å². The second-order valence-corrected chi connectivity index (χ2v) is 6.97. The van der Waals surface area contributed by atoms with Crippen LogP contribution >= 0.6 is 11.8 Å². The summed E-state index contributed by atoms with van der Waals surface area (Å²) in [5.74, 6) is 2.56. The standard InChI is InChI=1S/C15H31NOS/c1-5-13-6-7-15(17)14(10-13)11-16(3)12(2)8-9-18-4/h12-15,17H,5-11H2,1-4H3. The number of aliphatic hydroxyl groups excluding tert-OH is 1. The molecule has 1 aliphatic carbocycles. The van der Waals surface area contributed by atoms with Gasteiger partial charge in [0.15, 0.2) is 0 Å². The molecule has 0 aromatic rings. The molecule has 0 radical (unpaired) electrons. The first kappa shape index (κ1) is 16.3. The Hall–Kier alpha value is 0.270. The smallest absolute Gasteiger partial charge is 0.0580 e. The number of hydrogen-bond donors (Lipinski definition) is 1. The molecular formula is C15H31NOS. The SMILES string of the molecule is CCC1CCC(O)C(CN(C)C(C)CCSC)C1. The van der Waals surface area contributed by atoms with Crippen molar-refractivity contribution in [3.8, 4) is 0 Å². The van der Waals surface area contributed by atoms with Crippen molar-refractivity contribution >= 4 is 11.8 Å². The lowest BCUT2D eigenvalue weighted by molar-refractivity contribution is 0.0251. The molecule has 1 saturated carbocycles. The monoisotopic (exact) mass is 273 g/mol. The summed E-state index contributed by atoms with van der Waals surface area (Å²) < 4.78 is 0. The van der Waals surface area contributed by atoms with Crippen LogP contribution in [0, 0.1) is 11.8 Å². The molecule has 1 fully saturated rings. The molecular weight excluding hydrogens is 242 g/mol. The van der Waals surface area contributed by atoms with Crippen LogP contribution in [-0.4, -0.2) is 47.8 Å². The first-order valence-electron chi connectivity index (χ1n) is 7.45. The van der Waals surface area contributed by atoms with Gasteiger partial charge < -0.3 is 10.0 Å².